The number of hydrogen-bond acceptors (Lipinski definition) is 4. The van der Waals surface area contributed by atoms with Crippen molar-refractivity contribution in [2.45, 2.75) is 25.2 Å². The monoisotopic (exact) mass is 430 g/mol. The van der Waals surface area contributed by atoms with Gasteiger partial charge in [-0.05, 0) is 50.2 Å². The number of carbonyl (C=O) groups is 1. The quantitative estimate of drug-likeness (QED) is 0.536. The molecule has 3 rings (SSSR count). The average Bonchev–Trinajstić information content (AvgIpc) is 3.01. The number of amides is 1. The molecule has 0 aliphatic carbocycles. The molecule has 0 unspecified atom stereocenters. The molecule has 0 saturated heterocycles. The normalized spacial score (nSPS) is 11.4. The van der Waals surface area contributed by atoms with Gasteiger partial charge in [-0.3, -0.25) is 4.79 Å². The van der Waals surface area contributed by atoms with Gasteiger partial charge in [-0.1, -0.05) is 18.2 Å². The Balaban J connectivity index is 1.56. The van der Waals surface area contributed by atoms with Gasteiger partial charge >= 0.3 is 0 Å². The summed E-state index contributed by atoms with van der Waals surface area (Å²) < 4.78 is 41.6. The minimum atomic E-state index is -3.60. The number of aryl methyl sites for hydroxylation is 1. The maximum absolute atomic E-state index is 13.2. The topological polar surface area (TPSA) is 93.1 Å². The first-order valence-electron chi connectivity index (χ1n) is 9.40. The second-order valence-electron chi connectivity index (χ2n) is 6.78. The predicted octanol–water partition coefficient (Wildman–Crippen LogP) is 2.27. The molecule has 0 fully saturated rings. The minimum absolute atomic E-state index is 0.0791. The summed E-state index contributed by atoms with van der Waals surface area (Å²) in [6, 6.07) is 14.0. The lowest BCUT2D eigenvalue weighted by Gasteiger charge is -2.09. The molecule has 0 radical (unpaired) electrons. The molecule has 1 aromatic heterocycles. The zero-order valence-corrected chi connectivity index (χ0v) is 17.5. The van der Waals surface area contributed by atoms with Crippen molar-refractivity contribution in [1.82, 2.24) is 19.8 Å². The molecular formula is C21H23FN4O3S. The molecule has 1 heterocycles. The van der Waals surface area contributed by atoms with E-state index in [4.69, 9.17) is 0 Å². The fourth-order valence-electron chi connectivity index (χ4n) is 3.06. The number of sulfonamides is 1. The standard InChI is InChI=1S/C21H23FN4O3S/c1-15-20(16(2)26(25-15)18-10-8-17(22)9-11-18)14-21(27)23-12-13-24-30(28,29)19-6-4-3-5-7-19/h3-11,24H,12-14H2,1-2H3,(H,23,27). The van der Waals surface area contributed by atoms with Gasteiger partial charge < -0.3 is 5.32 Å². The Morgan fingerprint density at radius 1 is 1.03 bits per heavy atom. The van der Waals surface area contributed by atoms with Crippen LogP contribution in [-0.4, -0.2) is 37.2 Å². The molecule has 158 valence electrons. The molecule has 0 bridgehead atoms. The van der Waals surface area contributed by atoms with Crippen LogP contribution in [0.1, 0.15) is 17.0 Å². The Morgan fingerprint density at radius 3 is 2.37 bits per heavy atom. The van der Waals surface area contributed by atoms with Gasteiger partial charge in [0.1, 0.15) is 5.82 Å². The zero-order valence-electron chi connectivity index (χ0n) is 16.7. The van der Waals surface area contributed by atoms with Crippen molar-refractivity contribution in [2.75, 3.05) is 13.1 Å². The van der Waals surface area contributed by atoms with E-state index in [9.17, 15) is 17.6 Å². The van der Waals surface area contributed by atoms with Crippen molar-refractivity contribution < 1.29 is 17.6 Å². The number of halogens is 1. The van der Waals surface area contributed by atoms with Crippen molar-refractivity contribution in [2.24, 2.45) is 0 Å². The highest BCUT2D eigenvalue weighted by Gasteiger charge is 2.16. The summed E-state index contributed by atoms with van der Waals surface area (Å²) in [7, 11) is -3.60. The highest BCUT2D eigenvalue weighted by Crippen LogP contribution is 2.18. The zero-order chi connectivity index (χ0) is 21.7. The van der Waals surface area contributed by atoms with E-state index in [1.807, 2.05) is 13.8 Å². The van der Waals surface area contributed by atoms with Crippen molar-refractivity contribution in [3.63, 3.8) is 0 Å². The Labute approximate surface area is 175 Å². The van der Waals surface area contributed by atoms with E-state index in [1.54, 1.807) is 35.0 Å². The molecule has 3 aromatic rings. The largest absolute Gasteiger partial charge is 0.354 e. The first-order chi connectivity index (χ1) is 14.3. The molecular weight excluding hydrogens is 407 g/mol. The second-order valence-corrected chi connectivity index (χ2v) is 8.54. The van der Waals surface area contributed by atoms with Crippen LogP contribution in [-0.2, 0) is 21.2 Å². The van der Waals surface area contributed by atoms with Gasteiger partial charge in [-0.2, -0.15) is 5.10 Å². The summed E-state index contributed by atoms with van der Waals surface area (Å²) in [5, 5.41) is 7.16. The summed E-state index contributed by atoms with van der Waals surface area (Å²) in [5.74, 6) is -0.568. The number of hydrogen-bond donors (Lipinski definition) is 2. The highest BCUT2D eigenvalue weighted by atomic mass is 32.2. The molecule has 0 spiro atoms. The molecule has 0 aliphatic rings. The molecule has 30 heavy (non-hydrogen) atoms. The van der Waals surface area contributed by atoms with Crippen molar-refractivity contribution in [3.8, 4) is 5.69 Å². The number of carbonyl (C=O) groups excluding carboxylic acids is 1. The third-order valence-corrected chi connectivity index (χ3v) is 6.12. The number of nitrogens with one attached hydrogen (secondary N) is 2. The molecule has 9 heteroatoms. The van der Waals surface area contributed by atoms with E-state index < -0.39 is 10.0 Å². The summed E-state index contributed by atoms with van der Waals surface area (Å²) in [4.78, 5) is 12.5. The van der Waals surface area contributed by atoms with Gasteiger partial charge in [0.15, 0.2) is 0 Å². The van der Waals surface area contributed by atoms with Gasteiger partial charge in [-0.25, -0.2) is 22.2 Å². The smallest absolute Gasteiger partial charge is 0.240 e. The van der Waals surface area contributed by atoms with Crippen LogP contribution in [0.5, 0.6) is 0 Å². The fraction of sp³-hybridized carbons (Fsp3) is 0.238. The van der Waals surface area contributed by atoms with E-state index in [1.165, 1.54) is 24.3 Å². The van der Waals surface area contributed by atoms with Crippen LogP contribution < -0.4 is 10.0 Å². The summed E-state index contributed by atoms with van der Waals surface area (Å²) in [6.07, 6.45) is 0.115. The molecule has 2 aromatic carbocycles. The summed E-state index contributed by atoms with van der Waals surface area (Å²) in [5.41, 5.74) is 2.98. The molecule has 7 nitrogen and oxygen atoms in total. The van der Waals surface area contributed by atoms with E-state index in [0.717, 1.165) is 11.3 Å². The van der Waals surface area contributed by atoms with Crippen LogP contribution >= 0.6 is 0 Å². The Bertz CT molecular complexity index is 1130. The van der Waals surface area contributed by atoms with Gasteiger partial charge in [0.05, 0.1) is 22.7 Å². The number of benzene rings is 2. The lowest BCUT2D eigenvalue weighted by molar-refractivity contribution is -0.120. The first-order valence-corrected chi connectivity index (χ1v) is 10.9. The van der Waals surface area contributed by atoms with Crippen LogP contribution in [0.4, 0.5) is 4.39 Å². The van der Waals surface area contributed by atoms with Crippen molar-refractivity contribution >= 4 is 15.9 Å². The van der Waals surface area contributed by atoms with Crippen LogP contribution in [0.15, 0.2) is 59.5 Å². The highest BCUT2D eigenvalue weighted by molar-refractivity contribution is 7.89. The third-order valence-electron chi connectivity index (χ3n) is 4.64. The van der Waals surface area contributed by atoms with E-state index in [0.29, 0.717) is 11.4 Å². The van der Waals surface area contributed by atoms with Crippen molar-refractivity contribution in [1.29, 1.82) is 0 Å². The minimum Gasteiger partial charge on any atom is -0.354 e. The fourth-order valence-corrected chi connectivity index (χ4v) is 4.11. The van der Waals surface area contributed by atoms with Gasteiger partial charge in [0.25, 0.3) is 0 Å². The molecule has 0 atom stereocenters. The Morgan fingerprint density at radius 2 is 1.70 bits per heavy atom. The number of rotatable bonds is 8. The first kappa shape index (κ1) is 21.7. The van der Waals surface area contributed by atoms with E-state index >= 15 is 0 Å². The maximum Gasteiger partial charge on any atom is 0.240 e. The Kier molecular flexibility index (Phi) is 6.63. The second kappa shape index (κ2) is 9.19. The van der Waals surface area contributed by atoms with Gasteiger partial charge in [-0.15, -0.1) is 0 Å². The SMILES string of the molecule is Cc1nn(-c2ccc(F)cc2)c(C)c1CC(=O)NCCNS(=O)(=O)c1ccccc1. The van der Waals surface area contributed by atoms with Crippen LogP contribution in [0.2, 0.25) is 0 Å². The van der Waals surface area contributed by atoms with Crippen LogP contribution in [0.25, 0.3) is 5.69 Å². The molecule has 0 saturated carbocycles. The van der Waals surface area contributed by atoms with Gasteiger partial charge in [0.2, 0.25) is 15.9 Å². The Hall–Kier alpha value is -3.04. The summed E-state index contributed by atoms with van der Waals surface area (Å²) in [6.45, 7) is 3.90. The van der Waals surface area contributed by atoms with E-state index in [-0.39, 0.29) is 36.1 Å². The molecule has 1 amide bonds. The maximum atomic E-state index is 13.2. The molecule has 0 aliphatic heterocycles. The van der Waals surface area contributed by atoms with Crippen LogP contribution in [0.3, 0.4) is 0 Å². The van der Waals surface area contributed by atoms with Gasteiger partial charge in [0, 0.05) is 24.3 Å². The summed E-state index contributed by atoms with van der Waals surface area (Å²) >= 11 is 0. The van der Waals surface area contributed by atoms with Crippen LogP contribution in [0, 0.1) is 19.7 Å². The lowest BCUT2D eigenvalue weighted by atomic mass is 10.1. The molecule has 2 N–H and O–H groups in total. The predicted molar refractivity (Wildman–Crippen MR) is 111 cm³/mol. The van der Waals surface area contributed by atoms with Crippen molar-refractivity contribution in [3.05, 3.63) is 77.4 Å². The average molecular weight is 431 g/mol. The van der Waals surface area contributed by atoms with E-state index in [2.05, 4.69) is 15.1 Å². The number of nitrogens with zero attached hydrogens (tertiary/aromatic N) is 2. The number of aromatic nitrogens is 2. The lowest BCUT2D eigenvalue weighted by Crippen LogP contribution is -2.35. The third kappa shape index (κ3) is 5.11.